The third kappa shape index (κ3) is 4.52. The molecule has 3 saturated heterocycles. The molecule has 5 N–H and O–H groups in total. The van der Waals surface area contributed by atoms with E-state index in [2.05, 4.69) is 26.1 Å². The van der Waals surface area contributed by atoms with E-state index in [1.807, 2.05) is 4.90 Å². The van der Waals surface area contributed by atoms with Gasteiger partial charge in [0.1, 0.15) is 17.8 Å². The number of carbonyl (C=O) groups excluding carboxylic acids is 1. The van der Waals surface area contributed by atoms with Crippen LogP contribution in [0.1, 0.15) is 12.8 Å². The number of aromatic nitrogens is 1. The summed E-state index contributed by atoms with van der Waals surface area (Å²) in [4.78, 5) is 29.9. The summed E-state index contributed by atoms with van der Waals surface area (Å²) < 4.78 is 33.5. The highest BCUT2D eigenvalue weighted by Crippen LogP contribution is 2.41. The smallest absolute Gasteiger partial charge is 0.234 e. The minimum absolute atomic E-state index is 0.0129. The summed E-state index contributed by atoms with van der Waals surface area (Å²) >= 11 is 0. The lowest BCUT2D eigenvalue weighted by atomic mass is 9.77. The summed E-state index contributed by atoms with van der Waals surface area (Å²) in [7, 11) is 0. The van der Waals surface area contributed by atoms with Gasteiger partial charge in [-0.3, -0.25) is 20.4 Å². The van der Waals surface area contributed by atoms with Crippen molar-refractivity contribution in [3.8, 4) is 0 Å². The molecule has 0 saturated carbocycles. The largest absolute Gasteiger partial charge is 0.380 e. The highest BCUT2D eigenvalue weighted by Gasteiger charge is 2.42. The van der Waals surface area contributed by atoms with E-state index in [-0.39, 0.29) is 29.9 Å². The Morgan fingerprint density at radius 2 is 2.00 bits per heavy atom. The number of nitrogens with two attached hydrogens (primary N) is 1. The van der Waals surface area contributed by atoms with Crippen LogP contribution >= 0.6 is 0 Å². The molecule has 1 aromatic rings. The normalized spacial score (nSPS) is 27.3. The third-order valence-corrected chi connectivity index (χ3v) is 6.36. The van der Waals surface area contributed by atoms with Crippen molar-refractivity contribution in [3.05, 3.63) is 23.1 Å². The fraction of sp³-hybridized carbons (Fsp3) is 0.684. The minimum atomic E-state index is -1.38. The van der Waals surface area contributed by atoms with Gasteiger partial charge in [-0.15, -0.1) is 4.91 Å². The van der Waals surface area contributed by atoms with Crippen LogP contribution in [0.2, 0.25) is 0 Å². The average molecular weight is 439 g/mol. The van der Waals surface area contributed by atoms with Gasteiger partial charge in [0.05, 0.1) is 37.5 Å². The quantitative estimate of drug-likeness (QED) is 0.465. The highest BCUT2D eigenvalue weighted by atomic mass is 19.1. The molecule has 12 heteroatoms. The standard InChI is InChI=1S/C19H27F2N7O3/c20-11-5-24-17(25-6-11)14(16(22)27-30)18(29)26-13-8-23-7-12(21)15(13)28-3-1-19(2-4-28)9-31-10-19/h7-8,11,14,16-17,24-25H,1-6,9-10,22H2,(H,26,29). The zero-order valence-electron chi connectivity index (χ0n) is 17.0. The van der Waals surface area contributed by atoms with Crippen molar-refractivity contribution in [1.82, 2.24) is 15.6 Å². The molecule has 3 aliphatic heterocycles. The molecule has 0 aliphatic carbocycles. The van der Waals surface area contributed by atoms with Crippen LogP contribution in [-0.4, -0.2) is 68.8 Å². The fourth-order valence-corrected chi connectivity index (χ4v) is 4.42. The van der Waals surface area contributed by atoms with Gasteiger partial charge < -0.3 is 20.7 Å². The van der Waals surface area contributed by atoms with Gasteiger partial charge in [0.25, 0.3) is 0 Å². The number of carbonyl (C=O) groups is 1. The Hall–Kier alpha value is -2.28. The van der Waals surface area contributed by atoms with Crippen molar-refractivity contribution >= 4 is 17.3 Å². The topological polar surface area (TPSA) is 134 Å². The molecule has 1 amide bonds. The van der Waals surface area contributed by atoms with Gasteiger partial charge in [0, 0.05) is 31.6 Å². The SMILES string of the molecule is NC(N=O)C(C(=O)Nc1cncc(F)c1N1CCC2(CC1)COC2)C1NCC(F)CN1. The molecule has 3 aliphatic rings. The Morgan fingerprint density at radius 3 is 2.58 bits per heavy atom. The van der Waals surface area contributed by atoms with E-state index in [1.54, 1.807) is 0 Å². The lowest BCUT2D eigenvalue weighted by molar-refractivity contribution is -0.124. The molecular formula is C19H27F2N7O3. The van der Waals surface area contributed by atoms with Crippen LogP contribution in [0.25, 0.3) is 0 Å². The van der Waals surface area contributed by atoms with Crippen LogP contribution in [-0.2, 0) is 9.53 Å². The van der Waals surface area contributed by atoms with E-state index in [0.717, 1.165) is 32.3 Å². The summed E-state index contributed by atoms with van der Waals surface area (Å²) in [5, 5.41) is 11.1. The van der Waals surface area contributed by atoms with Crippen molar-refractivity contribution in [2.24, 2.45) is 22.2 Å². The predicted molar refractivity (Wildman–Crippen MR) is 109 cm³/mol. The molecule has 1 aromatic heterocycles. The lowest BCUT2D eigenvalue weighted by Crippen LogP contribution is -2.62. The van der Waals surface area contributed by atoms with Crippen molar-refractivity contribution in [3.63, 3.8) is 0 Å². The predicted octanol–water partition coefficient (Wildman–Crippen LogP) is 0.300. The zero-order chi connectivity index (χ0) is 22.0. The van der Waals surface area contributed by atoms with E-state index in [0.29, 0.717) is 13.1 Å². The first-order valence-corrected chi connectivity index (χ1v) is 10.4. The molecule has 31 heavy (non-hydrogen) atoms. The third-order valence-electron chi connectivity index (χ3n) is 6.36. The van der Waals surface area contributed by atoms with Gasteiger partial charge in [0.15, 0.2) is 12.0 Å². The van der Waals surface area contributed by atoms with Crippen LogP contribution in [0.4, 0.5) is 20.2 Å². The number of halogens is 2. The summed E-state index contributed by atoms with van der Waals surface area (Å²) in [5.41, 5.74) is 6.38. The summed E-state index contributed by atoms with van der Waals surface area (Å²) in [5.74, 6) is -2.32. The maximum atomic E-state index is 14.8. The van der Waals surface area contributed by atoms with Crippen molar-refractivity contribution in [2.45, 2.75) is 31.3 Å². The number of hydrogen-bond donors (Lipinski definition) is 4. The number of amides is 1. The molecule has 170 valence electrons. The Bertz CT molecular complexity index is 808. The second kappa shape index (κ2) is 9.07. The molecule has 4 rings (SSSR count). The highest BCUT2D eigenvalue weighted by molar-refractivity contribution is 5.96. The van der Waals surface area contributed by atoms with Crippen molar-refractivity contribution < 1.29 is 18.3 Å². The second-order valence-corrected chi connectivity index (χ2v) is 8.50. The van der Waals surface area contributed by atoms with Gasteiger partial charge in [-0.1, -0.05) is 5.18 Å². The zero-order valence-corrected chi connectivity index (χ0v) is 17.0. The van der Waals surface area contributed by atoms with Crippen LogP contribution in [0.15, 0.2) is 17.6 Å². The summed E-state index contributed by atoms with van der Waals surface area (Å²) in [6, 6.07) is 0. The Kier molecular flexibility index (Phi) is 6.42. The van der Waals surface area contributed by atoms with Crippen LogP contribution in [0.5, 0.6) is 0 Å². The number of pyridine rings is 1. The molecule has 0 aromatic carbocycles. The number of ether oxygens (including phenoxy) is 1. The van der Waals surface area contributed by atoms with Gasteiger partial charge in [-0.05, 0) is 12.8 Å². The number of nitrogens with zero attached hydrogens (tertiary/aromatic N) is 3. The molecule has 2 atom stereocenters. The summed E-state index contributed by atoms with van der Waals surface area (Å²) in [6.07, 6.45) is 0.948. The maximum absolute atomic E-state index is 14.8. The number of hydrogen-bond acceptors (Lipinski definition) is 9. The second-order valence-electron chi connectivity index (χ2n) is 8.50. The molecule has 10 nitrogen and oxygen atoms in total. The number of piperidine rings is 1. The van der Waals surface area contributed by atoms with Crippen LogP contribution in [0, 0.1) is 22.1 Å². The van der Waals surface area contributed by atoms with Crippen LogP contribution in [0.3, 0.4) is 0 Å². The maximum Gasteiger partial charge on any atom is 0.234 e. The summed E-state index contributed by atoms with van der Waals surface area (Å²) in [6.45, 7) is 2.72. The van der Waals surface area contributed by atoms with Gasteiger partial charge >= 0.3 is 0 Å². The monoisotopic (exact) mass is 439 g/mol. The molecule has 1 spiro atoms. The van der Waals surface area contributed by atoms with Crippen molar-refractivity contribution in [2.75, 3.05) is 49.6 Å². The van der Waals surface area contributed by atoms with Crippen LogP contribution < -0.4 is 26.6 Å². The van der Waals surface area contributed by atoms with E-state index in [1.165, 1.54) is 6.20 Å². The molecule has 0 radical (unpaired) electrons. The van der Waals surface area contributed by atoms with Crippen molar-refractivity contribution in [1.29, 1.82) is 0 Å². The number of anilines is 2. The number of alkyl halides is 1. The number of rotatable bonds is 6. The molecule has 4 heterocycles. The molecule has 2 unspecified atom stereocenters. The Morgan fingerprint density at radius 1 is 1.32 bits per heavy atom. The van der Waals surface area contributed by atoms with E-state index in [4.69, 9.17) is 10.5 Å². The minimum Gasteiger partial charge on any atom is -0.380 e. The van der Waals surface area contributed by atoms with Gasteiger partial charge in [0.2, 0.25) is 5.91 Å². The number of nitroso groups, excluding NO2 is 1. The van der Waals surface area contributed by atoms with E-state index < -0.39 is 36.1 Å². The van der Waals surface area contributed by atoms with E-state index >= 15 is 0 Å². The van der Waals surface area contributed by atoms with Gasteiger partial charge in [-0.25, -0.2) is 8.78 Å². The average Bonchev–Trinajstić information content (AvgIpc) is 2.74. The first-order valence-electron chi connectivity index (χ1n) is 10.4. The molecule has 0 bridgehead atoms. The first-order chi connectivity index (χ1) is 14.9. The molecular weight excluding hydrogens is 412 g/mol. The Labute approximate surface area is 178 Å². The Balaban J connectivity index is 1.51. The molecule has 3 fully saturated rings. The fourth-order valence-electron chi connectivity index (χ4n) is 4.42. The van der Waals surface area contributed by atoms with E-state index in [9.17, 15) is 18.5 Å². The lowest BCUT2D eigenvalue weighted by Gasteiger charge is -2.48. The first kappa shape index (κ1) is 21.9. The van der Waals surface area contributed by atoms with Gasteiger partial charge in [-0.2, -0.15) is 0 Å². The number of nitrogens with one attached hydrogen (secondary N) is 3.